The molecule has 0 N–H and O–H groups in total. The van der Waals surface area contributed by atoms with Crippen LogP contribution in [-0.2, 0) is 19.6 Å². The molecular weight excluding hydrogens is 436 g/mol. The average molecular weight is 461 g/mol. The molecule has 4 rings (SSSR count). The molecule has 2 saturated heterocycles. The van der Waals surface area contributed by atoms with Gasteiger partial charge in [0.25, 0.3) is 5.91 Å². The van der Waals surface area contributed by atoms with Crippen molar-refractivity contribution in [1.29, 1.82) is 0 Å². The number of carbonyl (C=O) groups is 3. The number of Topliss-reactive ketones (excluding diaryl/α,β-unsaturated/α-hetero) is 1. The van der Waals surface area contributed by atoms with Crippen molar-refractivity contribution < 1.29 is 32.0 Å². The molecule has 32 heavy (non-hydrogen) atoms. The van der Waals surface area contributed by atoms with Gasteiger partial charge in [0.2, 0.25) is 10.0 Å². The van der Waals surface area contributed by atoms with Gasteiger partial charge in [-0.1, -0.05) is 0 Å². The van der Waals surface area contributed by atoms with Crippen LogP contribution in [0.5, 0.6) is 0 Å². The van der Waals surface area contributed by atoms with Crippen LogP contribution in [0.3, 0.4) is 0 Å². The van der Waals surface area contributed by atoms with Gasteiger partial charge in [-0.25, -0.2) is 13.2 Å². The third kappa shape index (κ3) is 4.46. The lowest BCUT2D eigenvalue weighted by molar-refractivity contribution is -0.147. The maximum Gasteiger partial charge on any atom is 0.329 e. The molecule has 0 bridgehead atoms. The van der Waals surface area contributed by atoms with Crippen LogP contribution in [0.2, 0.25) is 0 Å². The fraction of sp³-hybridized carbons (Fsp3) is 0.409. The van der Waals surface area contributed by atoms with Gasteiger partial charge < -0.3 is 14.1 Å². The van der Waals surface area contributed by atoms with Gasteiger partial charge in [0.1, 0.15) is 6.04 Å². The van der Waals surface area contributed by atoms with Crippen LogP contribution in [0, 0.1) is 0 Å². The van der Waals surface area contributed by atoms with Gasteiger partial charge in [-0.2, -0.15) is 4.31 Å². The smallest absolute Gasteiger partial charge is 0.329 e. The quantitative estimate of drug-likeness (QED) is 0.459. The number of sulfonamides is 1. The molecular formula is C22H24N2O7S. The van der Waals surface area contributed by atoms with E-state index in [0.717, 1.165) is 12.8 Å². The zero-order valence-electron chi connectivity index (χ0n) is 17.4. The molecule has 0 radical (unpaired) electrons. The highest BCUT2D eigenvalue weighted by Crippen LogP contribution is 2.23. The molecule has 10 heteroatoms. The maximum absolute atomic E-state index is 12.6. The van der Waals surface area contributed by atoms with Crippen LogP contribution >= 0.6 is 0 Å². The van der Waals surface area contributed by atoms with Crippen LogP contribution in [-0.4, -0.2) is 67.6 Å². The molecule has 2 aliphatic heterocycles. The summed E-state index contributed by atoms with van der Waals surface area (Å²) in [5, 5.41) is 0. The third-order valence-corrected chi connectivity index (χ3v) is 7.66. The summed E-state index contributed by atoms with van der Waals surface area (Å²) in [5.41, 5.74) is 0.244. The Morgan fingerprint density at radius 1 is 1.00 bits per heavy atom. The van der Waals surface area contributed by atoms with Crippen LogP contribution in [0.4, 0.5) is 0 Å². The fourth-order valence-electron chi connectivity index (χ4n) is 4.00. The van der Waals surface area contributed by atoms with E-state index in [9.17, 15) is 22.8 Å². The second kappa shape index (κ2) is 9.25. The third-order valence-electron chi connectivity index (χ3n) is 5.74. The molecule has 0 unspecified atom stereocenters. The molecule has 170 valence electrons. The van der Waals surface area contributed by atoms with Crippen molar-refractivity contribution in [1.82, 2.24) is 9.21 Å². The summed E-state index contributed by atoms with van der Waals surface area (Å²) in [5.74, 6) is -1.35. The number of hydrogen-bond donors (Lipinski definition) is 0. The normalized spacial score (nSPS) is 19.2. The molecule has 0 spiro atoms. The standard InChI is InChI=1S/C22H24N2O7S/c25-19(16-7-9-17(10-8-16)32(28,29)23-11-1-2-12-23)15-31-22(27)18-5-3-13-24(18)21(26)20-6-4-14-30-20/h4,6-10,14,18H,1-3,5,11-13,15H2/t18-/m0/s1. The number of hydrogen-bond acceptors (Lipinski definition) is 7. The Labute approximate surface area is 186 Å². The molecule has 9 nitrogen and oxygen atoms in total. The molecule has 2 aromatic rings. The van der Waals surface area contributed by atoms with Gasteiger partial charge in [0.05, 0.1) is 11.2 Å². The number of nitrogens with zero attached hydrogens (tertiary/aromatic N) is 2. The Morgan fingerprint density at radius 3 is 2.38 bits per heavy atom. The predicted molar refractivity (Wildman–Crippen MR) is 112 cm³/mol. The van der Waals surface area contributed by atoms with Gasteiger partial charge in [-0.15, -0.1) is 0 Å². The molecule has 0 aliphatic carbocycles. The van der Waals surface area contributed by atoms with Crippen molar-refractivity contribution >= 4 is 27.7 Å². The minimum absolute atomic E-state index is 0.131. The van der Waals surface area contributed by atoms with E-state index in [2.05, 4.69) is 0 Å². The Hall–Kier alpha value is -2.98. The summed E-state index contributed by atoms with van der Waals surface area (Å²) in [4.78, 5) is 39.0. The van der Waals surface area contributed by atoms with E-state index in [1.54, 1.807) is 6.07 Å². The van der Waals surface area contributed by atoms with E-state index in [0.29, 0.717) is 32.5 Å². The van der Waals surface area contributed by atoms with Gasteiger partial charge in [-0.3, -0.25) is 9.59 Å². The molecule has 1 aromatic heterocycles. The minimum atomic E-state index is -3.56. The second-order valence-corrected chi connectivity index (χ2v) is 9.74. The Kier molecular flexibility index (Phi) is 6.43. The Morgan fingerprint density at radius 2 is 1.72 bits per heavy atom. The number of rotatable bonds is 7. The number of furan rings is 1. The summed E-state index contributed by atoms with van der Waals surface area (Å²) < 4.78 is 36.9. The summed E-state index contributed by atoms with van der Waals surface area (Å²) in [7, 11) is -3.56. The van der Waals surface area contributed by atoms with E-state index in [1.165, 1.54) is 45.8 Å². The number of likely N-dealkylation sites (tertiary alicyclic amines) is 1. The van der Waals surface area contributed by atoms with E-state index in [1.807, 2.05) is 0 Å². The molecule has 0 saturated carbocycles. The fourth-order valence-corrected chi connectivity index (χ4v) is 5.52. The lowest BCUT2D eigenvalue weighted by Gasteiger charge is -2.22. The lowest BCUT2D eigenvalue weighted by Crippen LogP contribution is -2.41. The molecule has 1 aromatic carbocycles. The number of benzene rings is 1. The van der Waals surface area contributed by atoms with E-state index in [-0.39, 0.29) is 16.2 Å². The van der Waals surface area contributed by atoms with Gasteiger partial charge in [0.15, 0.2) is 18.2 Å². The van der Waals surface area contributed by atoms with Crippen molar-refractivity contribution in [3.05, 3.63) is 54.0 Å². The van der Waals surface area contributed by atoms with Gasteiger partial charge in [0, 0.05) is 25.2 Å². The molecule has 2 aliphatic rings. The first-order valence-electron chi connectivity index (χ1n) is 10.5. The number of ether oxygens (including phenoxy) is 1. The number of ketones is 1. The summed E-state index contributed by atoms with van der Waals surface area (Å²) in [6.07, 6.45) is 4.16. The van der Waals surface area contributed by atoms with Crippen molar-refractivity contribution in [2.45, 2.75) is 36.6 Å². The first-order chi connectivity index (χ1) is 15.4. The highest BCUT2D eigenvalue weighted by Gasteiger charge is 2.37. The highest BCUT2D eigenvalue weighted by molar-refractivity contribution is 7.89. The summed E-state index contributed by atoms with van der Waals surface area (Å²) in [6, 6.07) is 7.97. The predicted octanol–water partition coefficient (Wildman–Crippen LogP) is 2.09. The van der Waals surface area contributed by atoms with E-state index in [4.69, 9.17) is 9.15 Å². The topological polar surface area (TPSA) is 114 Å². The number of esters is 1. The molecule has 3 heterocycles. The van der Waals surface area contributed by atoms with Crippen LogP contribution in [0.25, 0.3) is 0 Å². The number of carbonyl (C=O) groups excluding carboxylic acids is 3. The lowest BCUT2D eigenvalue weighted by atomic mass is 10.1. The molecule has 1 atom stereocenters. The van der Waals surface area contributed by atoms with Crippen LogP contribution in [0.1, 0.15) is 46.6 Å². The minimum Gasteiger partial charge on any atom is -0.459 e. The van der Waals surface area contributed by atoms with Crippen molar-refractivity contribution in [2.24, 2.45) is 0 Å². The van der Waals surface area contributed by atoms with Gasteiger partial charge in [-0.05, 0) is 62.1 Å². The second-order valence-electron chi connectivity index (χ2n) is 7.80. The first kappa shape index (κ1) is 22.2. The summed E-state index contributed by atoms with van der Waals surface area (Å²) in [6.45, 7) is 0.912. The highest BCUT2D eigenvalue weighted by atomic mass is 32.2. The summed E-state index contributed by atoms with van der Waals surface area (Å²) >= 11 is 0. The zero-order chi connectivity index (χ0) is 22.7. The van der Waals surface area contributed by atoms with Crippen molar-refractivity contribution in [3.8, 4) is 0 Å². The first-order valence-corrected chi connectivity index (χ1v) is 12.0. The molecule has 1 amide bonds. The van der Waals surface area contributed by atoms with E-state index >= 15 is 0 Å². The van der Waals surface area contributed by atoms with Crippen molar-refractivity contribution in [2.75, 3.05) is 26.2 Å². The van der Waals surface area contributed by atoms with Gasteiger partial charge >= 0.3 is 5.97 Å². The SMILES string of the molecule is O=C(COC(=O)[C@@H]1CCCN1C(=O)c1ccco1)c1ccc(S(=O)(=O)N2CCCC2)cc1. The zero-order valence-corrected chi connectivity index (χ0v) is 18.3. The van der Waals surface area contributed by atoms with Crippen LogP contribution in [0.15, 0.2) is 52.0 Å². The average Bonchev–Trinajstić information content (AvgIpc) is 3.59. The maximum atomic E-state index is 12.6. The largest absolute Gasteiger partial charge is 0.459 e. The van der Waals surface area contributed by atoms with Crippen molar-refractivity contribution in [3.63, 3.8) is 0 Å². The Balaban J connectivity index is 1.35. The Bertz CT molecular complexity index is 1090. The monoisotopic (exact) mass is 460 g/mol. The van der Waals surface area contributed by atoms with E-state index < -0.39 is 40.3 Å². The van der Waals surface area contributed by atoms with Crippen LogP contribution < -0.4 is 0 Å². The molecule has 2 fully saturated rings. The number of amides is 1.